The molecule has 3 atom stereocenters. The molecule has 1 saturated carbocycles. The first-order chi connectivity index (χ1) is 6.63. The third kappa shape index (κ3) is 3.18. The molecule has 0 aliphatic heterocycles. The molecule has 1 aliphatic carbocycles. The Kier molecular flexibility index (Phi) is 4.20. The minimum absolute atomic E-state index is 0.0321. The highest BCUT2D eigenvalue weighted by atomic mass is 16.4. The van der Waals surface area contributed by atoms with Gasteiger partial charge in [0.1, 0.15) is 0 Å². The number of nitrogens with zero attached hydrogens (tertiary/aromatic N) is 1. The van der Waals surface area contributed by atoms with Crippen molar-refractivity contribution in [3.8, 4) is 0 Å². The molecule has 14 heavy (non-hydrogen) atoms. The van der Waals surface area contributed by atoms with Crippen molar-refractivity contribution < 1.29 is 5.21 Å². The molecule has 0 amide bonds. The van der Waals surface area contributed by atoms with E-state index >= 15 is 0 Å². The van der Waals surface area contributed by atoms with Gasteiger partial charge in [0.2, 0.25) is 0 Å². The van der Waals surface area contributed by atoms with E-state index in [0.717, 1.165) is 5.92 Å². The van der Waals surface area contributed by atoms with Gasteiger partial charge < -0.3 is 16.3 Å². The van der Waals surface area contributed by atoms with E-state index in [1.54, 1.807) is 0 Å². The highest BCUT2D eigenvalue weighted by Crippen LogP contribution is 2.23. The van der Waals surface area contributed by atoms with Crippen molar-refractivity contribution in [2.45, 2.75) is 51.6 Å². The van der Waals surface area contributed by atoms with E-state index in [1.165, 1.54) is 25.7 Å². The predicted molar refractivity (Wildman–Crippen MR) is 57.4 cm³/mol. The fourth-order valence-corrected chi connectivity index (χ4v) is 2.11. The molecule has 0 aromatic heterocycles. The van der Waals surface area contributed by atoms with Gasteiger partial charge in [0.05, 0.1) is 6.04 Å². The zero-order valence-corrected chi connectivity index (χ0v) is 9.03. The fraction of sp³-hybridized carbons (Fsp3) is 0.900. The van der Waals surface area contributed by atoms with Crippen molar-refractivity contribution in [3.05, 3.63) is 0 Å². The van der Waals surface area contributed by atoms with Crippen LogP contribution in [-0.4, -0.2) is 23.1 Å². The van der Waals surface area contributed by atoms with Crippen LogP contribution in [0.2, 0.25) is 0 Å². The molecule has 1 rings (SSSR count). The van der Waals surface area contributed by atoms with Crippen LogP contribution in [0.25, 0.3) is 0 Å². The van der Waals surface area contributed by atoms with Gasteiger partial charge in [0.15, 0.2) is 5.84 Å². The first-order valence-electron chi connectivity index (χ1n) is 5.37. The Morgan fingerprint density at radius 1 is 1.57 bits per heavy atom. The van der Waals surface area contributed by atoms with E-state index in [-0.39, 0.29) is 11.9 Å². The molecule has 0 radical (unpaired) electrons. The molecular formula is C10H21N3O. The molecule has 0 aromatic rings. The van der Waals surface area contributed by atoms with Crippen LogP contribution in [0.1, 0.15) is 39.5 Å². The normalized spacial score (nSPS) is 31.4. The molecule has 4 nitrogen and oxygen atoms in total. The fourth-order valence-electron chi connectivity index (χ4n) is 2.11. The number of nitrogens with one attached hydrogen (secondary N) is 1. The van der Waals surface area contributed by atoms with Crippen LogP contribution in [0.15, 0.2) is 5.16 Å². The lowest BCUT2D eigenvalue weighted by Crippen LogP contribution is -2.46. The summed E-state index contributed by atoms with van der Waals surface area (Å²) in [5.74, 6) is 1.06. The van der Waals surface area contributed by atoms with Gasteiger partial charge in [-0.05, 0) is 25.7 Å². The monoisotopic (exact) mass is 199 g/mol. The number of rotatable bonds is 3. The number of oxime groups is 1. The molecule has 82 valence electrons. The highest BCUT2D eigenvalue weighted by molar-refractivity contribution is 5.84. The van der Waals surface area contributed by atoms with Gasteiger partial charge in [0, 0.05) is 6.04 Å². The minimum atomic E-state index is -0.0321. The van der Waals surface area contributed by atoms with Gasteiger partial charge in [-0.1, -0.05) is 24.9 Å². The van der Waals surface area contributed by atoms with E-state index in [0.29, 0.717) is 6.04 Å². The standard InChI is InChI=1S/C10H21N3O/c1-7-4-3-5-9(6-7)12-8(2)10(11)13-14/h7-9,12,14H,3-6H2,1-2H3,(H2,11,13). The molecule has 0 heterocycles. The molecule has 4 heteroatoms. The van der Waals surface area contributed by atoms with Crippen LogP contribution < -0.4 is 11.1 Å². The summed E-state index contributed by atoms with van der Waals surface area (Å²) in [4.78, 5) is 0. The largest absolute Gasteiger partial charge is 0.409 e. The van der Waals surface area contributed by atoms with E-state index in [9.17, 15) is 0 Å². The maximum Gasteiger partial charge on any atom is 0.156 e. The molecule has 0 spiro atoms. The van der Waals surface area contributed by atoms with Crippen LogP contribution in [0.3, 0.4) is 0 Å². The summed E-state index contributed by atoms with van der Waals surface area (Å²) in [7, 11) is 0. The third-order valence-corrected chi connectivity index (χ3v) is 2.98. The number of hydrogen-bond acceptors (Lipinski definition) is 3. The van der Waals surface area contributed by atoms with Crippen molar-refractivity contribution in [3.63, 3.8) is 0 Å². The molecule has 1 aliphatic rings. The lowest BCUT2D eigenvalue weighted by atomic mass is 9.87. The number of nitrogens with two attached hydrogens (primary N) is 1. The summed E-state index contributed by atoms with van der Waals surface area (Å²) in [6.45, 7) is 4.20. The van der Waals surface area contributed by atoms with Crippen molar-refractivity contribution in [1.82, 2.24) is 5.32 Å². The first-order valence-corrected chi connectivity index (χ1v) is 5.37. The van der Waals surface area contributed by atoms with E-state index in [2.05, 4.69) is 17.4 Å². The Bertz CT molecular complexity index is 206. The molecule has 0 bridgehead atoms. The molecule has 4 N–H and O–H groups in total. The maximum atomic E-state index is 8.51. The summed E-state index contributed by atoms with van der Waals surface area (Å²) < 4.78 is 0. The van der Waals surface area contributed by atoms with Crippen LogP contribution in [-0.2, 0) is 0 Å². The summed E-state index contributed by atoms with van der Waals surface area (Å²) in [6, 6.07) is 0.490. The Balaban J connectivity index is 2.36. The minimum Gasteiger partial charge on any atom is -0.409 e. The SMILES string of the molecule is CC1CCCC(NC(C)/C(N)=N/O)C1. The van der Waals surface area contributed by atoms with E-state index < -0.39 is 0 Å². The van der Waals surface area contributed by atoms with Crippen molar-refractivity contribution in [2.24, 2.45) is 16.8 Å². The van der Waals surface area contributed by atoms with Gasteiger partial charge in [-0.25, -0.2) is 0 Å². The lowest BCUT2D eigenvalue weighted by Gasteiger charge is -2.29. The zero-order chi connectivity index (χ0) is 10.6. The van der Waals surface area contributed by atoms with Crippen LogP contribution >= 0.6 is 0 Å². The second kappa shape index (κ2) is 5.20. The summed E-state index contributed by atoms with van der Waals surface area (Å²) in [5.41, 5.74) is 5.51. The van der Waals surface area contributed by atoms with Gasteiger partial charge in [-0.15, -0.1) is 0 Å². The quantitative estimate of drug-likeness (QED) is 0.277. The Hall–Kier alpha value is -0.770. The second-order valence-electron chi connectivity index (χ2n) is 4.38. The molecule has 1 fully saturated rings. The number of amidine groups is 1. The molecule has 0 aromatic carbocycles. The third-order valence-electron chi connectivity index (χ3n) is 2.98. The topological polar surface area (TPSA) is 70.6 Å². The highest BCUT2D eigenvalue weighted by Gasteiger charge is 2.21. The van der Waals surface area contributed by atoms with Crippen LogP contribution in [0, 0.1) is 5.92 Å². The van der Waals surface area contributed by atoms with Crippen LogP contribution in [0.5, 0.6) is 0 Å². The zero-order valence-electron chi connectivity index (χ0n) is 9.03. The van der Waals surface area contributed by atoms with E-state index in [4.69, 9.17) is 10.9 Å². The summed E-state index contributed by atoms with van der Waals surface area (Å²) in [5, 5.41) is 14.9. The summed E-state index contributed by atoms with van der Waals surface area (Å²) in [6.07, 6.45) is 5.01. The molecule has 3 unspecified atom stereocenters. The maximum absolute atomic E-state index is 8.51. The average Bonchev–Trinajstić information content (AvgIpc) is 2.16. The second-order valence-corrected chi connectivity index (χ2v) is 4.38. The predicted octanol–water partition coefficient (Wildman–Crippen LogP) is 1.29. The summed E-state index contributed by atoms with van der Waals surface area (Å²) >= 11 is 0. The van der Waals surface area contributed by atoms with E-state index in [1.807, 2.05) is 6.92 Å². The van der Waals surface area contributed by atoms with Gasteiger partial charge >= 0.3 is 0 Å². The van der Waals surface area contributed by atoms with Crippen molar-refractivity contribution in [2.75, 3.05) is 0 Å². The first kappa shape index (κ1) is 11.3. The Labute approximate surface area is 85.6 Å². The van der Waals surface area contributed by atoms with Gasteiger partial charge in [0.25, 0.3) is 0 Å². The van der Waals surface area contributed by atoms with Crippen LogP contribution in [0.4, 0.5) is 0 Å². The number of hydrogen-bond donors (Lipinski definition) is 3. The van der Waals surface area contributed by atoms with Gasteiger partial charge in [-0.2, -0.15) is 0 Å². The molecule has 0 saturated heterocycles. The average molecular weight is 199 g/mol. The van der Waals surface area contributed by atoms with Gasteiger partial charge in [-0.3, -0.25) is 0 Å². The van der Waals surface area contributed by atoms with Crippen molar-refractivity contribution >= 4 is 5.84 Å². The molecular weight excluding hydrogens is 178 g/mol. The lowest BCUT2D eigenvalue weighted by molar-refractivity contribution is 0.290. The smallest absolute Gasteiger partial charge is 0.156 e. The van der Waals surface area contributed by atoms with Crippen molar-refractivity contribution in [1.29, 1.82) is 0 Å². The Morgan fingerprint density at radius 3 is 2.86 bits per heavy atom. The Morgan fingerprint density at radius 2 is 2.29 bits per heavy atom.